The van der Waals surface area contributed by atoms with E-state index in [0.29, 0.717) is 23.9 Å². The second kappa shape index (κ2) is 4.71. The van der Waals surface area contributed by atoms with E-state index in [0.717, 1.165) is 13.1 Å². The molecule has 6 heteroatoms. The van der Waals surface area contributed by atoms with Crippen LogP contribution in [-0.2, 0) is 0 Å². The Kier molecular flexibility index (Phi) is 3.22. The lowest BCUT2D eigenvalue weighted by molar-refractivity contribution is 0.457. The monoisotopic (exact) mass is 290 g/mol. The number of nitrogens with zero attached hydrogens (tertiary/aromatic N) is 4. The van der Waals surface area contributed by atoms with E-state index >= 15 is 0 Å². The largest absolute Gasteiger partial charge is 0.368 e. The summed E-state index contributed by atoms with van der Waals surface area (Å²) in [5, 5.41) is 3.45. The Bertz CT molecular complexity index is 519. The highest BCUT2D eigenvalue weighted by atomic mass is 15.3. The van der Waals surface area contributed by atoms with Crippen molar-refractivity contribution >= 4 is 17.8 Å². The maximum atomic E-state index is 5.87. The van der Waals surface area contributed by atoms with Gasteiger partial charge in [-0.25, -0.2) is 0 Å². The second-order valence-electron chi connectivity index (χ2n) is 7.39. The van der Waals surface area contributed by atoms with E-state index in [-0.39, 0.29) is 10.8 Å². The van der Waals surface area contributed by atoms with Crippen LogP contribution in [0.1, 0.15) is 47.0 Å². The molecule has 0 bridgehead atoms. The van der Waals surface area contributed by atoms with Crippen LogP contribution in [0.4, 0.5) is 17.8 Å². The molecule has 1 saturated carbocycles. The van der Waals surface area contributed by atoms with E-state index in [1.807, 2.05) is 0 Å². The zero-order valence-electron chi connectivity index (χ0n) is 13.5. The van der Waals surface area contributed by atoms with E-state index in [1.165, 1.54) is 19.3 Å². The van der Waals surface area contributed by atoms with Crippen molar-refractivity contribution in [3.05, 3.63) is 0 Å². The zero-order valence-corrected chi connectivity index (χ0v) is 13.5. The molecule has 2 fully saturated rings. The van der Waals surface area contributed by atoms with Gasteiger partial charge in [-0.3, -0.25) is 0 Å². The minimum atomic E-state index is 0.236. The fourth-order valence-corrected chi connectivity index (χ4v) is 3.37. The van der Waals surface area contributed by atoms with Gasteiger partial charge in [0.25, 0.3) is 0 Å². The van der Waals surface area contributed by atoms with Crippen LogP contribution in [0.2, 0.25) is 0 Å². The molecule has 0 radical (unpaired) electrons. The Morgan fingerprint density at radius 3 is 2.19 bits per heavy atom. The van der Waals surface area contributed by atoms with Crippen molar-refractivity contribution in [2.45, 2.75) is 53.0 Å². The summed E-state index contributed by atoms with van der Waals surface area (Å²) in [5.41, 5.74) is 6.34. The average Bonchev–Trinajstić information content (AvgIpc) is 2.82. The van der Waals surface area contributed by atoms with Crippen molar-refractivity contribution in [2.24, 2.45) is 10.8 Å². The van der Waals surface area contributed by atoms with E-state index in [4.69, 9.17) is 5.73 Å². The molecule has 0 atom stereocenters. The predicted octanol–water partition coefficient (Wildman–Crippen LogP) is 2.29. The number of piperidine rings is 1. The molecule has 116 valence electrons. The van der Waals surface area contributed by atoms with Crippen molar-refractivity contribution in [1.29, 1.82) is 0 Å². The molecule has 3 N–H and O–H groups in total. The Morgan fingerprint density at radius 1 is 1.00 bits per heavy atom. The molecular formula is C15H26N6. The second-order valence-corrected chi connectivity index (χ2v) is 7.39. The fourth-order valence-electron chi connectivity index (χ4n) is 3.37. The summed E-state index contributed by atoms with van der Waals surface area (Å²) in [7, 11) is 0. The van der Waals surface area contributed by atoms with Crippen LogP contribution >= 0.6 is 0 Å². The molecule has 6 nitrogen and oxygen atoms in total. The lowest BCUT2D eigenvalue weighted by Gasteiger charge is -2.26. The van der Waals surface area contributed by atoms with E-state index in [2.05, 4.69) is 52.9 Å². The molecule has 1 aliphatic carbocycles. The third-order valence-electron chi connectivity index (χ3n) is 5.57. The van der Waals surface area contributed by atoms with Gasteiger partial charge in [-0.1, -0.05) is 27.7 Å². The van der Waals surface area contributed by atoms with Gasteiger partial charge in [0.15, 0.2) is 0 Å². The molecule has 1 aromatic heterocycles. The summed E-state index contributed by atoms with van der Waals surface area (Å²) in [5.74, 6) is 1.61. The highest BCUT2D eigenvalue weighted by molar-refractivity contribution is 5.45. The van der Waals surface area contributed by atoms with Crippen LogP contribution in [0, 0.1) is 10.8 Å². The number of nitrogen functional groups attached to an aromatic ring is 1. The van der Waals surface area contributed by atoms with Gasteiger partial charge in [0.2, 0.25) is 17.8 Å². The molecule has 3 rings (SSSR count). The molecule has 1 aromatic rings. The number of anilines is 3. The van der Waals surface area contributed by atoms with Crippen LogP contribution in [0.15, 0.2) is 0 Å². The number of hydrogen-bond acceptors (Lipinski definition) is 6. The lowest BCUT2D eigenvalue weighted by Crippen LogP contribution is -2.31. The summed E-state index contributed by atoms with van der Waals surface area (Å²) in [6.45, 7) is 11.1. The third kappa shape index (κ3) is 2.40. The van der Waals surface area contributed by atoms with Gasteiger partial charge in [-0.05, 0) is 30.1 Å². The first-order valence-corrected chi connectivity index (χ1v) is 7.85. The fraction of sp³-hybridized carbons (Fsp3) is 0.800. The van der Waals surface area contributed by atoms with E-state index in [9.17, 15) is 0 Å². The number of rotatable bonds is 3. The smallest absolute Gasteiger partial charge is 0.231 e. The Morgan fingerprint density at radius 2 is 1.62 bits per heavy atom. The van der Waals surface area contributed by atoms with Crippen molar-refractivity contribution in [3.63, 3.8) is 0 Å². The highest BCUT2D eigenvalue weighted by Gasteiger charge is 2.65. The molecule has 0 amide bonds. The van der Waals surface area contributed by atoms with Crippen LogP contribution in [-0.4, -0.2) is 34.1 Å². The van der Waals surface area contributed by atoms with Gasteiger partial charge >= 0.3 is 0 Å². The first-order valence-electron chi connectivity index (χ1n) is 7.85. The number of aromatic nitrogens is 3. The average molecular weight is 290 g/mol. The Hall–Kier alpha value is -1.59. The molecule has 1 aliphatic heterocycles. The van der Waals surface area contributed by atoms with Crippen molar-refractivity contribution in [1.82, 2.24) is 15.0 Å². The highest BCUT2D eigenvalue weighted by Crippen LogP contribution is 2.63. The van der Waals surface area contributed by atoms with Gasteiger partial charge in [0, 0.05) is 19.1 Å². The Balaban J connectivity index is 1.79. The maximum Gasteiger partial charge on any atom is 0.231 e. The molecule has 0 spiro atoms. The predicted molar refractivity (Wildman–Crippen MR) is 85.3 cm³/mol. The lowest BCUT2D eigenvalue weighted by atomic mass is 10.0. The molecule has 1 saturated heterocycles. The van der Waals surface area contributed by atoms with Gasteiger partial charge in [-0.15, -0.1) is 0 Å². The van der Waals surface area contributed by atoms with Crippen molar-refractivity contribution < 1.29 is 0 Å². The van der Waals surface area contributed by atoms with Crippen LogP contribution in [0.5, 0.6) is 0 Å². The summed E-state index contributed by atoms with van der Waals surface area (Å²) < 4.78 is 0. The first-order chi connectivity index (χ1) is 9.82. The van der Waals surface area contributed by atoms with E-state index in [1.54, 1.807) is 0 Å². The first kappa shape index (κ1) is 14.4. The molecular weight excluding hydrogens is 264 g/mol. The van der Waals surface area contributed by atoms with Crippen LogP contribution in [0.25, 0.3) is 0 Å². The normalized spacial score (nSPS) is 23.9. The summed E-state index contributed by atoms with van der Waals surface area (Å²) in [4.78, 5) is 15.3. The van der Waals surface area contributed by atoms with Crippen molar-refractivity contribution in [2.75, 3.05) is 29.0 Å². The SMILES string of the molecule is CC1(C)C(Nc2nc(N)nc(N3CCCCC3)n2)C1(C)C. The van der Waals surface area contributed by atoms with E-state index < -0.39 is 0 Å². The molecule has 0 aromatic carbocycles. The van der Waals surface area contributed by atoms with Gasteiger partial charge < -0.3 is 16.0 Å². The van der Waals surface area contributed by atoms with Crippen LogP contribution in [0.3, 0.4) is 0 Å². The number of nitrogens with two attached hydrogens (primary N) is 1. The summed E-state index contributed by atoms with van der Waals surface area (Å²) in [6.07, 6.45) is 3.67. The maximum absolute atomic E-state index is 5.87. The molecule has 2 heterocycles. The van der Waals surface area contributed by atoms with Gasteiger partial charge in [0.1, 0.15) is 0 Å². The molecule has 21 heavy (non-hydrogen) atoms. The number of hydrogen-bond donors (Lipinski definition) is 2. The zero-order chi connectivity index (χ0) is 15.3. The third-order valence-corrected chi connectivity index (χ3v) is 5.57. The van der Waals surface area contributed by atoms with Gasteiger partial charge in [0.05, 0.1) is 0 Å². The van der Waals surface area contributed by atoms with Crippen LogP contribution < -0.4 is 16.0 Å². The quantitative estimate of drug-likeness (QED) is 0.889. The standard InChI is InChI=1S/C15H26N6/c1-14(2)10(15(14,3)4)17-12-18-11(16)19-13(20-12)21-8-6-5-7-9-21/h10H,5-9H2,1-4H3,(H3,16,17,18,19,20). The molecule has 0 unspecified atom stereocenters. The Labute approximate surface area is 126 Å². The number of nitrogens with one attached hydrogen (secondary N) is 1. The topological polar surface area (TPSA) is 80.0 Å². The summed E-state index contributed by atoms with van der Waals surface area (Å²) in [6, 6.07) is 0.362. The van der Waals surface area contributed by atoms with Crippen molar-refractivity contribution in [3.8, 4) is 0 Å². The summed E-state index contributed by atoms with van der Waals surface area (Å²) >= 11 is 0. The minimum absolute atomic E-state index is 0.236. The van der Waals surface area contributed by atoms with Gasteiger partial charge in [-0.2, -0.15) is 15.0 Å². The molecule has 2 aliphatic rings. The minimum Gasteiger partial charge on any atom is -0.368 e.